The standard InChI is InChI=1S/C19H26N2/c1-20(16-18-10-5-3-6-11-18)14-9-15-21(2)17-19-12-7-4-8-13-19/h3-8,10-13H,9,14-17H2,1-2H3. The van der Waals surface area contributed by atoms with Crippen molar-refractivity contribution in [1.29, 1.82) is 0 Å². The van der Waals surface area contributed by atoms with Crippen molar-refractivity contribution in [3.63, 3.8) is 0 Å². The van der Waals surface area contributed by atoms with E-state index < -0.39 is 0 Å². The lowest BCUT2D eigenvalue weighted by molar-refractivity contribution is 0.270. The van der Waals surface area contributed by atoms with E-state index in [1.54, 1.807) is 0 Å². The Morgan fingerprint density at radius 2 is 1.00 bits per heavy atom. The Labute approximate surface area is 129 Å². The Morgan fingerprint density at radius 3 is 1.38 bits per heavy atom. The summed E-state index contributed by atoms with van der Waals surface area (Å²) in [5.41, 5.74) is 2.77. The second-order valence-corrected chi connectivity index (χ2v) is 5.80. The second kappa shape index (κ2) is 8.60. The molecule has 2 nitrogen and oxygen atoms in total. The van der Waals surface area contributed by atoms with Crippen LogP contribution in [0.25, 0.3) is 0 Å². The van der Waals surface area contributed by atoms with Crippen molar-refractivity contribution in [2.24, 2.45) is 0 Å². The van der Waals surface area contributed by atoms with Crippen LogP contribution in [0.4, 0.5) is 0 Å². The summed E-state index contributed by atoms with van der Waals surface area (Å²) < 4.78 is 0. The van der Waals surface area contributed by atoms with Gasteiger partial charge in [0.25, 0.3) is 0 Å². The molecule has 0 atom stereocenters. The lowest BCUT2D eigenvalue weighted by atomic mass is 10.2. The zero-order valence-corrected chi connectivity index (χ0v) is 13.2. The normalized spacial score (nSPS) is 11.2. The highest BCUT2D eigenvalue weighted by Gasteiger charge is 2.03. The summed E-state index contributed by atoms with van der Waals surface area (Å²) in [6.07, 6.45) is 1.20. The quantitative estimate of drug-likeness (QED) is 0.729. The van der Waals surface area contributed by atoms with Gasteiger partial charge in [-0.15, -0.1) is 0 Å². The molecule has 0 aromatic heterocycles. The van der Waals surface area contributed by atoms with Gasteiger partial charge < -0.3 is 9.80 Å². The average Bonchev–Trinajstić information content (AvgIpc) is 2.49. The molecular formula is C19H26N2. The fourth-order valence-corrected chi connectivity index (χ4v) is 2.56. The predicted molar refractivity (Wildman–Crippen MR) is 90.2 cm³/mol. The van der Waals surface area contributed by atoms with Crippen LogP contribution in [-0.4, -0.2) is 37.0 Å². The lowest BCUT2D eigenvalue weighted by Crippen LogP contribution is -2.25. The predicted octanol–water partition coefficient (Wildman–Crippen LogP) is 3.64. The van der Waals surface area contributed by atoms with Gasteiger partial charge in [-0.25, -0.2) is 0 Å². The minimum absolute atomic E-state index is 1.03. The molecule has 0 spiro atoms. The van der Waals surface area contributed by atoms with Crippen LogP contribution >= 0.6 is 0 Å². The van der Waals surface area contributed by atoms with Crippen LogP contribution in [0.1, 0.15) is 17.5 Å². The third kappa shape index (κ3) is 6.11. The summed E-state index contributed by atoms with van der Waals surface area (Å²) in [4.78, 5) is 4.79. The van der Waals surface area contributed by atoms with Crippen molar-refractivity contribution in [2.45, 2.75) is 19.5 Å². The van der Waals surface area contributed by atoms with Crippen LogP contribution in [-0.2, 0) is 13.1 Å². The van der Waals surface area contributed by atoms with Gasteiger partial charge in [-0.3, -0.25) is 0 Å². The largest absolute Gasteiger partial charge is 0.302 e. The van der Waals surface area contributed by atoms with Crippen LogP contribution in [0, 0.1) is 0 Å². The molecule has 0 N–H and O–H groups in total. The van der Waals surface area contributed by atoms with Crippen molar-refractivity contribution < 1.29 is 0 Å². The first-order valence-electron chi connectivity index (χ1n) is 7.69. The molecule has 0 aliphatic carbocycles. The second-order valence-electron chi connectivity index (χ2n) is 5.80. The minimum Gasteiger partial charge on any atom is -0.302 e. The van der Waals surface area contributed by atoms with Crippen molar-refractivity contribution in [3.8, 4) is 0 Å². The number of nitrogens with zero attached hydrogens (tertiary/aromatic N) is 2. The molecule has 2 aromatic rings. The number of hydrogen-bond donors (Lipinski definition) is 0. The van der Waals surface area contributed by atoms with Gasteiger partial charge in [-0.05, 0) is 44.7 Å². The SMILES string of the molecule is CN(CCCN(C)Cc1ccccc1)Cc1ccccc1. The summed E-state index contributed by atoms with van der Waals surface area (Å²) in [5.74, 6) is 0. The number of rotatable bonds is 8. The van der Waals surface area contributed by atoms with Crippen LogP contribution < -0.4 is 0 Å². The van der Waals surface area contributed by atoms with Gasteiger partial charge in [0.05, 0.1) is 0 Å². The maximum atomic E-state index is 2.39. The highest BCUT2D eigenvalue weighted by atomic mass is 15.1. The zero-order chi connectivity index (χ0) is 14.9. The smallest absolute Gasteiger partial charge is 0.0230 e. The molecule has 0 amide bonds. The maximum Gasteiger partial charge on any atom is 0.0230 e. The lowest BCUT2D eigenvalue weighted by Gasteiger charge is -2.20. The van der Waals surface area contributed by atoms with E-state index in [4.69, 9.17) is 0 Å². The Hall–Kier alpha value is -1.64. The summed E-state index contributed by atoms with van der Waals surface area (Å²) in [7, 11) is 4.40. The molecule has 0 fully saturated rings. The molecule has 21 heavy (non-hydrogen) atoms. The molecule has 2 heteroatoms. The molecule has 2 rings (SSSR count). The van der Waals surface area contributed by atoms with E-state index >= 15 is 0 Å². The van der Waals surface area contributed by atoms with Gasteiger partial charge >= 0.3 is 0 Å². The third-order valence-electron chi connectivity index (χ3n) is 3.67. The Balaban J connectivity index is 1.64. The van der Waals surface area contributed by atoms with Crippen molar-refractivity contribution >= 4 is 0 Å². The molecule has 0 radical (unpaired) electrons. The molecule has 0 saturated heterocycles. The first-order chi connectivity index (χ1) is 10.2. The van der Waals surface area contributed by atoms with Gasteiger partial charge in [0.15, 0.2) is 0 Å². The summed E-state index contributed by atoms with van der Waals surface area (Å²) >= 11 is 0. The highest BCUT2D eigenvalue weighted by molar-refractivity contribution is 5.15. The molecule has 112 valence electrons. The fraction of sp³-hybridized carbons (Fsp3) is 0.368. The van der Waals surface area contributed by atoms with Crippen molar-refractivity contribution in [3.05, 3.63) is 71.8 Å². The molecule has 0 saturated carbocycles. The summed E-state index contributed by atoms with van der Waals surface area (Å²) in [6, 6.07) is 21.3. The average molecular weight is 282 g/mol. The van der Waals surface area contributed by atoms with E-state index in [0.717, 1.165) is 26.2 Å². The Bertz CT molecular complexity index is 448. The van der Waals surface area contributed by atoms with E-state index in [1.165, 1.54) is 17.5 Å². The van der Waals surface area contributed by atoms with E-state index in [9.17, 15) is 0 Å². The molecule has 2 aromatic carbocycles. The van der Waals surface area contributed by atoms with E-state index in [0.29, 0.717) is 0 Å². The van der Waals surface area contributed by atoms with E-state index in [2.05, 4.69) is 84.6 Å². The molecule has 0 aliphatic heterocycles. The Morgan fingerprint density at radius 1 is 0.619 bits per heavy atom. The van der Waals surface area contributed by atoms with Crippen LogP contribution in [0.5, 0.6) is 0 Å². The van der Waals surface area contributed by atoms with E-state index in [1.807, 2.05) is 0 Å². The molecule has 0 unspecified atom stereocenters. The third-order valence-corrected chi connectivity index (χ3v) is 3.67. The van der Waals surface area contributed by atoms with Crippen LogP contribution in [0.2, 0.25) is 0 Å². The number of hydrogen-bond acceptors (Lipinski definition) is 2. The number of benzene rings is 2. The topological polar surface area (TPSA) is 6.48 Å². The highest BCUT2D eigenvalue weighted by Crippen LogP contribution is 2.05. The molecule has 0 bridgehead atoms. The maximum absolute atomic E-state index is 2.39. The van der Waals surface area contributed by atoms with E-state index in [-0.39, 0.29) is 0 Å². The van der Waals surface area contributed by atoms with Crippen molar-refractivity contribution in [2.75, 3.05) is 27.2 Å². The zero-order valence-electron chi connectivity index (χ0n) is 13.2. The van der Waals surface area contributed by atoms with Gasteiger partial charge in [-0.1, -0.05) is 60.7 Å². The van der Waals surface area contributed by atoms with Gasteiger partial charge in [0.1, 0.15) is 0 Å². The molecule has 0 heterocycles. The van der Waals surface area contributed by atoms with Gasteiger partial charge in [0.2, 0.25) is 0 Å². The molecular weight excluding hydrogens is 256 g/mol. The fourth-order valence-electron chi connectivity index (χ4n) is 2.56. The minimum atomic E-state index is 1.03. The van der Waals surface area contributed by atoms with Gasteiger partial charge in [-0.2, -0.15) is 0 Å². The monoisotopic (exact) mass is 282 g/mol. The molecule has 0 aliphatic rings. The summed E-state index contributed by atoms with van der Waals surface area (Å²) in [6.45, 7) is 4.33. The van der Waals surface area contributed by atoms with Crippen LogP contribution in [0.3, 0.4) is 0 Å². The van der Waals surface area contributed by atoms with Gasteiger partial charge in [0, 0.05) is 13.1 Å². The van der Waals surface area contributed by atoms with Crippen LogP contribution in [0.15, 0.2) is 60.7 Å². The van der Waals surface area contributed by atoms with Crippen molar-refractivity contribution in [1.82, 2.24) is 9.80 Å². The summed E-state index contributed by atoms with van der Waals surface area (Å²) in [5, 5.41) is 0. The first-order valence-corrected chi connectivity index (χ1v) is 7.69. The Kier molecular flexibility index (Phi) is 6.45. The first kappa shape index (κ1) is 15.7.